The summed E-state index contributed by atoms with van der Waals surface area (Å²) in [5.41, 5.74) is 1.25. The second kappa shape index (κ2) is 5.64. The zero-order chi connectivity index (χ0) is 14.1. The van der Waals surface area contributed by atoms with Gasteiger partial charge in [0.15, 0.2) is 0 Å². The lowest BCUT2D eigenvalue weighted by Gasteiger charge is -2.34. The fourth-order valence-corrected chi connectivity index (χ4v) is 3.33. The largest absolute Gasteiger partial charge is 0.472 e. The Balaban J connectivity index is 1.54. The SMILES string of the molecule is c1cc(CN2CCCC[C@H]2c2nncn2CC2CC2)co1. The fraction of sp³-hybridized carbons (Fsp3) is 0.625. The van der Waals surface area contributed by atoms with Crippen LogP contribution in [0.2, 0.25) is 0 Å². The summed E-state index contributed by atoms with van der Waals surface area (Å²) in [6.07, 6.45) is 12.0. The lowest BCUT2D eigenvalue weighted by molar-refractivity contribution is 0.130. The number of nitrogens with zero attached hydrogens (tertiary/aromatic N) is 4. The van der Waals surface area contributed by atoms with E-state index >= 15 is 0 Å². The van der Waals surface area contributed by atoms with Crippen LogP contribution in [0.5, 0.6) is 0 Å². The molecule has 112 valence electrons. The average Bonchev–Trinajstić information content (AvgIpc) is 2.98. The van der Waals surface area contributed by atoms with Crippen LogP contribution in [0.4, 0.5) is 0 Å². The van der Waals surface area contributed by atoms with Crippen LogP contribution in [0.15, 0.2) is 29.3 Å². The van der Waals surface area contributed by atoms with E-state index in [0.29, 0.717) is 6.04 Å². The Hall–Kier alpha value is -1.62. The third-order valence-corrected chi connectivity index (χ3v) is 4.67. The fourth-order valence-electron chi connectivity index (χ4n) is 3.33. The second-order valence-corrected chi connectivity index (χ2v) is 6.40. The van der Waals surface area contributed by atoms with Crippen molar-refractivity contribution in [3.05, 3.63) is 36.3 Å². The average molecular weight is 286 g/mol. The van der Waals surface area contributed by atoms with Gasteiger partial charge in [-0.15, -0.1) is 10.2 Å². The monoisotopic (exact) mass is 286 g/mol. The third-order valence-electron chi connectivity index (χ3n) is 4.67. The predicted molar refractivity (Wildman–Crippen MR) is 78.5 cm³/mol. The Bertz CT molecular complexity index is 573. The van der Waals surface area contributed by atoms with Gasteiger partial charge in [-0.1, -0.05) is 6.42 Å². The van der Waals surface area contributed by atoms with E-state index in [1.165, 1.54) is 37.7 Å². The van der Waals surface area contributed by atoms with Gasteiger partial charge in [-0.25, -0.2) is 0 Å². The molecule has 1 atom stereocenters. The van der Waals surface area contributed by atoms with Crippen LogP contribution in [0, 0.1) is 5.92 Å². The summed E-state index contributed by atoms with van der Waals surface area (Å²) >= 11 is 0. The van der Waals surface area contributed by atoms with Crippen LogP contribution >= 0.6 is 0 Å². The van der Waals surface area contributed by atoms with E-state index in [1.807, 2.05) is 12.6 Å². The van der Waals surface area contributed by atoms with Crippen molar-refractivity contribution in [1.82, 2.24) is 19.7 Å². The first-order valence-electron chi connectivity index (χ1n) is 8.03. The normalized spacial score (nSPS) is 23.5. The van der Waals surface area contributed by atoms with Crippen LogP contribution in [-0.2, 0) is 13.1 Å². The van der Waals surface area contributed by atoms with Crippen LogP contribution in [0.3, 0.4) is 0 Å². The molecule has 0 spiro atoms. The molecule has 21 heavy (non-hydrogen) atoms. The van der Waals surface area contributed by atoms with Crippen molar-refractivity contribution in [3.8, 4) is 0 Å². The molecule has 5 heteroatoms. The minimum Gasteiger partial charge on any atom is -0.472 e. The van der Waals surface area contributed by atoms with E-state index < -0.39 is 0 Å². The van der Waals surface area contributed by atoms with E-state index in [9.17, 15) is 0 Å². The van der Waals surface area contributed by atoms with Gasteiger partial charge < -0.3 is 8.98 Å². The maximum absolute atomic E-state index is 5.21. The summed E-state index contributed by atoms with van der Waals surface area (Å²) in [4.78, 5) is 2.53. The molecule has 0 bridgehead atoms. The van der Waals surface area contributed by atoms with Gasteiger partial charge in [0.1, 0.15) is 12.2 Å². The highest BCUT2D eigenvalue weighted by atomic mass is 16.3. The maximum atomic E-state index is 5.21. The number of piperidine rings is 1. The Kier molecular flexibility index (Phi) is 3.51. The number of likely N-dealkylation sites (tertiary alicyclic amines) is 1. The molecule has 2 aromatic rings. The summed E-state index contributed by atoms with van der Waals surface area (Å²) in [6, 6.07) is 2.45. The van der Waals surface area contributed by atoms with E-state index in [2.05, 4.69) is 25.7 Å². The first-order valence-corrected chi connectivity index (χ1v) is 8.03. The summed E-state index contributed by atoms with van der Waals surface area (Å²) < 4.78 is 7.49. The summed E-state index contributed by atoms with van der Waals surface area (Å²) in [5.74, 6) is 2.01. The van der Waals surface area contributed by atoms with Crippen molar-refractivity contribution >= 4 is 0 Å². The summed E-state index contributed by atoms with van der Waals surface area (Å²) in [6.45, 7) is 3.17. The molecule has 5 nitrogen and oxygen atoms in total. The van der Waals surface area contributed by atoms with Gasteiger partial charge in [0.2, 0.25) is 0 Å². The topological polar surface area (TPSA) is 47.1 Å². The Morgan fingerprint density at radius 1 is 1.24 bits per heavy atom. The van der Waals surface area contributed by atoms with Crippen LogP contribution in [0.1, 0.15) is 49.5 Å². The van der Waals surface area contributed by atoms with Crippen LogP contribution in [-0.4, -0.2) is 26.2 Å². The van der Waals surface area contributed by atoms with Gasteiger partial charge in [-0.2, -0.15) is 0 Å². The molecular weight excluding hydrogens is 264 g/mol. The molecule has 1 saturated carbocycles. The van der Waals surface area contributed by atoms with E-state index in [-0.39, 0.29) is 0 Å². The summed E-state index contributed by atoms with van der Waals surface area (Å²) in [7, 11) is 0. The molecule has 2 aliphatic rings. The number of hydrogen-bond donors (Lipinski definition) is 0. The highest BCUT2D eigenvalue weighted by Crippen LogP contribution is 2.34. The van der Waals surface area contributed by atoms with E-state index in [4.69, 9.17) is 4.42 Å². The third kappa shape index (κ3) is 2.88. The zero-order valence-corrected chi connectivity index (χ0v) is 12.3. The molecule has 1 saturated heterocycles. The molecule has 4 rings (SSSR count). The standard InChI is InChI=1S/C16H22N4O/c1-2-7-19(10-14-6-8-21-11-14)15(3-1)16-18-17-12-20(16)9-13-4-5-13/h6,8,11-13,15H,1-5,7,9-10H2/t15-/m0/s1. The molecular formula is C16H22N4O. The van der Waals surface area contributed by atoms with Gasteiger partial charge in [-0.3, -0.25) is 4.90 Å². The zero-order valence-electron chi connectivity index (χ0n) is 12.3. The maximum Gasteiger partial charge on any atom is 0.150 e. The smallest absolute Gasteiger partial charge is 0.150 e. The number of aromatic nitrogens is 3. The van der Waals surface area contributed by atoms with Gasteiger partial charge >= 0.3 is 0 Å². The molecule has 2 fully saturated rings. The van der Waals surface area contributed by atoms with Crippen molar-refractivity contribution in [1.29, 1.82) is 0 Å². The highest BCUT2D eigenvalue weighted by Gasteiger charge is 2.30. The molecule has 0 N–H and O–H groups in total. The first-order chi connectivity index (χ1) is 10.4. The second-order valence-electron chi connectivity index (χ2n) is 6.40. The number of hydrogen-bond acceptors (Lipinski definition) is 4. The minimum atomic E-state index is 0.398. The van der Waals surface area contributed by atoms with Crippen molar-refractivity contribution in [2.45, 2.75) is 51.2 Å². The Morgan fingerprint density at radius 2 is 2.19 bits per heavy atom. The minimum absolute atomic E-state index is 0.398. The highest BCUT2D eigenvalue weighted by molar-refractivity contribution is 5.07. The molecule has 2 aromatic heterocycles. The Labute approximate surface area is 125 Å². The van der Waals surface area contributed by atoms with Gasteiger partial charge in [0, 0.05) is 18.7 Å². The first kappa shape index (κ1) is 13.1. The lowest BCUT2D eigenvalue weighted by atomic mass is 10.0. The molecule has 0 unspecified atom stereocenters. The lowest BCUT2D eigenvalue weighted by Crippen LogP contribution is -2.34. The van der Waals surface area contributed by atoms with Crippen molar-refractivity contribution < 1.29 is 4.42 Å². The van der Waals surface area contributed by atoms with Crippen molar-refractivity contribution in [2.75, 3.05) is 6.54 Å². The molecule has 1 aliphatic carbocycles. The predicted octanol–water partition coefficient (Wildman–Crippen LogP) is 3.01. The Morgan fingerprint density at radius 3 is 3.00 bits per heavy atom. The van der Waals surface area contributed by atoms with Crippen molar-refractivity contribution in [3.63, 3.8) is 0 Å². The van der Waals surface area contributed by atoms with Gasteiger partial charge in [-0.05, 0) is 44.2 Å². The molecule has 1 aliphatic heterocycles. The van der Waals surface area contributed by atoms with E-state index in [0.717, 1.165) is 31.4 Å². The van der Waals surface area contributed by atoms with Gasteiger partial charge in [0.05, 0.1) is 18.6 Å². The number of rotatable bonds is 5. The van der Waals surface area contributed by atoms with Crippen molar-refractivity contribution in [2.24, 2.45) is 5.92 Å². The number of furan rings is 1. The molecule has 0 amide bonds. The summed E-state index contributed by atoms with van der Waals surface area (Å²) in [5, 5.41) is 8.63. The van der Waals surface area contributed by atoms with Gasteiger partial charge in [0.25, 0.3) is 0 Å². The molecule has 0 aromatic carbocycles. The molecule has 3 heterocycles. The van der Waals surface area contributed by atoms with E-state index in [1.54, 1.807) is 6.26 Å². The quantitative estimate of drug-likeness (QED) is 0.847. The van der Waals surface area contributed by atoms with Crippen LogP contribution < -0.4 is 0 Å². The van der Waals surface area contributed by atoms with Crippen LogP contribution in [0.25, 0.3) is 0 Å². The molecule has 0 radical (unpaired) electrons.